The predicted octanol–water partition coefficient (Wildman–Crippen LogP) is 2.83. The van der Waals surface area contributed by atoms with Crippen molar-refractivity contribution in [2.75, 3.05) is 7.11 Å². The Morgan fingerprint density at radius 2 is 2.00 bits per heavy atom. The molecule has 2 nitrogen and oxygen atoms in total. The molecule has 18 heavy (non-hydrogen) atoms. The number of hydrogen-bond acceptors (Lipinski definition) is 2. The van der Waals surface area contributed by atoms with E-state index >= 15 is 0 Å². The summed E-state index contributed by atoms with van der Waals surface area (Å²) in [6.07, 6.45) is 3.13. The highest BCUT2D eigenvalue weighted by atomic mass is 19.1. The number of benzene rings is 1. The van der Waals surface area contributed by atoms with Crippen molar-refractivity contribution in [3.8, 4) is 0 Å². The van der Waals surface area contributed by atoms with Crippen LogP contribution in [0.2, 0.25) is 0 Å². The molecule has 0 unspecified atom stereocenters. The van der Waals surface area contributed by atoms with Crippen LogP contribution in [0.1, 0.15) is 31.2 Å². The van der Waals surface area contributed by atoms with Crippen molar-refractivity contribution in [2.24, 2.45) is 0 Å². The van der Waals surface area contributed by atoms with Crippen molar-refractivity contribution < 1.29 is 18.6 Å². The van der Waals surface area contributed by atoms with E-state index in [1.807, 2.05) is 0 Å². The lowest BCUT2D eigenvalue weighted by Crippen LogP contribution is -2.38. The van der Waals surface area contributed by atoms with Crippen molar-refractivity contribution in [2.45, 2.75) is 43.8 Å². The summed E-state index contributed by atoms with van der Waals surface area (Å²) in [5.74, 6) is -1.18. The molecule has 100 valence electrons. The summed E-state index contributed by atoms with van der Waals surface area (Å²) in [6, 6.07) is 3.49. The van der Waals surface area contributed by atoms with Gasteiger partial charge < -0.3 is 9.84 Å². The van der Waals surface area contributed by atoms with Gasteiger partial charge in [0.25, 0.3) is 0 Å². The molecule has 1 fully saturated rings. The van der Waals surface area contributed by atoms with Crippen molar-refractivity contribution in [3.63, 3.8) is 0 Å². The normalized spacial score (nSPS) is 28.3. The minimum absolute atomic E-state index is 0.184. The Labute approximate surface area is 106 Å². The molecule has 1 saturated carbocycles. The molecule has 0 aromatic heterocycles. The maximum atomic E-state index is 13.5. The zero-order valence-electron chi connectivity index (χ0n) is 10.5. The van der Waals surface area contributed by atoms with Crippen LogP contribution in [-0.2, 0) is 11.2 Å². The molecular formula is C14H18F2O2. The van der Waals surface area contributed by atoms with Crippen LogP contribution in [-0.4, -0.2) is 23.9 Å². The summed E-state index contributed by atoms with van der Waals surface area (Å²) in [6.45, 7) is 0. The van der Waals surface area contributed by atoms with Gasteiger partial charge in [0.05, 0.1) is 11.7 Å². The van der Waals surface area contributed by atoms with Gasteiger partial charge in [-0.1, -0.05) is 6.07 Å². The van der Waals surface area contributed by atoms with Crippen molar-refractivity contribution >= 4 is 0 Å². The van der Waals surface area contributed by atoms with E-state index < -0.39 is 17.2 Å². The van der Waals surface area contributed by atoms with Crippen LogP contribution in [0.4, 0.5) is 8.78 Å². The van der Waals surface area contributed by atoms with Gasteiger partial charge in [-0.05, 0) is 37.3 Å². The fourth-order valence-electron chi connectivity index (χ4n) is 2.56. The first kappa shape index (κ1) is 13.4. The molecule has 1 aliphatic rings. The van der Waals surface area contributed by atoms with Gasteiger partial charge in [-0.2, -0.15) is 0 Å². The van der Waals surface area contributed by atoms with Gasteiger partial charge in [0.15, 0.2) is 0 Å². The average molecular weight is 256 g/mol. The second-order valence-corrected chi connectivity index (χ2v) is 5.07. The Morgan fingerprint density at radius 3 is 2.56 bits per heavy atom. The zero-order chi connectivity index (χ0) is 13.2. The maximum Gasteiger partial charge on any atom is 0.129 e. The standard InChI is InChI=1S/C14H18F2O2/c1-18-12-4-6-14(17,7-5-12)9-10-2-3-11(15)8-13(10)16/h2-3,8,12,17H,4-7,9H2,1H3. The SMILES string of the molecule is COC1CCC(O)(Cc2ccc(F)cc2F)CC1. The van der Waals surface area contributed by atoms with E-state index in [9.17, 15) is 13.9 Å². The molecule has 0 saturated heterocycles. The summed E-state index contributed by atoms with van der Waals surface area (Å²) >= 11 is 0. The van der Waals surface area contributed by atoms with E-state index in [0.29, 0.717) is 18.4 Å². The van der Waals surface area contributed by atoms with Crippen LogP contribution in [0, 0.1) is 11.6 Å². The number of ether oxygens (including phenoxy) is 1. The van der Waals surface area contributed by atoms with E-state index in [1.165, 1.54) is 12.1 Å². The van der Waals surface area contributed by atoms with Crippen LogP contribution < -0.4 is 0 Å². The summed E-state index contributed by atoms with van der Waals surface area (Å²) in [5.41, 5.74) is -0.525. The molecule has 1 aliphatic carbocycles. The molecule has 1 aromatic rings. The molecule has 0 atom stereocenters. The summed E-state index contributed by atoms with van der Waals surface area (Å²) in [7, 11) is 1.66. The third-order valence-electron chi connectivity index (χ3n) is 3.73. The third kappa shape index (κ3) is 3.06. The fraction of sp³-hybridized carbons (Fsp3) is 0.571. The van der Waals surface area contributed by atoms with E-state index in [-0.39, 0.29) is 12.5 Å². The molecule has 0 amide bonds. The Kier molecular flexibility index (Phi) is 3.97. The van der Waals surface area contributed by atoms with Gasteiger partial charge in [-0.3, -0.25) is 0 Å². The van der Waals surface area contributed by atoms with Gasteiger partial charge in [0.2, 0.25) is 0 Å². The highest BCUT2D eigenvalue weighted by Gasteiger charge is 2.34. The number of hydrogen-bond donors (Lipinski definition) is 1. The first-order valence-corrected chi connectivity index (χ1v) is 6.21. The Balaban J connectivity index is 2.04. The van der Waals surface area contributed by atoms with E-state index in [2.05, 4.69) is 0 Å². The molecule has 0 bridgehead atoms. The van der Waals surface area contributed by atoms with Crippen LogP contribution in [0.3, 0.4) is 0 Å². The highest BCUT2D eigenvalue weighted by molar-refractivity contribution is 5.20. The summed E-state index contributed by atoms with van der Waals surface area (Å²) < 4.78 is 31.6. The number of methoxy groups -OCH3 is 1. The third-order valence-corrected chi connectivity index (χ3v) is 3.73. The second kappa shape index (κ2) is 5.33. The largest absolute Gasteiger partial charge is 0.390 e. The van der Waals surface area contributed by atoms with E-state index in [4.69, 9.17) is 4.74 Å². The monoisotopic (exact) mass is 256 g/mol. The maximum absolute atomic E-state index is 13.5. The Bertz CT molecular complexity index is 412. The van der Waals surface area contributed by atoms with Crippen molar-refractivity contribution in [1.82, 2.24) is 0 Å². The Hall–Kier alpha value is -1.00. The predicted molar refractivity (Wildman–Crippen MR) is 64.3 cm³/mol. The lowest BCUT2D eigenvalue weighted by Gasteiger charge is -2.35. The molecule has 0 radical (unpaired) electrons. The van der Waals surface area contributed by atoms with Crippen molar-refractivity contribution in [3.05, 3.63) is 35.4 Å². The quantitative estimate of drug-likeness (QED) is 0.901. The smallest absolute Gasteiger partial charge is 0.129 e. The van der Waals surface area contributed by atoms with Crippen LogP contribution in [0.25, 0.3) is 0 Å². The van der Waals surface area contributed by atoms with Gasteiger partial charge >= 0.3 is 0 Å². The van der Waals surface area contributed by atoms with Crippen LogP contribution in [0.5, 0.6) is 0 Å². The minimum Gasteiger partial charge on any atom is -0.390 e. The number of halogens is 2. The molecule has 0 heterocycles. The molecular weight excluding hydrogens is 238 g/mol. The first-order chi connectivity index (χ1) is 8.52. The Morgan fingerprint density at radius 1 is 1.33 bits per heavy atom. The average Bonchev–Trinajstić information content (AvgIpc) is 2.34. The van der Waals surface area contributed by atoms with E-state index in [0.717, 1.165) is 18.9 Å². The first-order valence-electron chi connectivity index (χ1n) is 6.21. The van der Waals surface area contributed by atoms with Crippen LogP contribution in [0.15, 0.2) is 18.2 Å². The highest BCUT2D eigenvalue weighted by Crippen LogP contribution is 2.33. The fourth-order valence-corrected chi connectivity index (χ4v) is 2.56. The lowest BCUT2D eigenvalue weighted by atomic mass is 9.79. The second-order valence-electron chi connectivity index (χ2n) is 5.07. The van der Waals surface area contributed by atoms with Crippen molar-refractivity contribution in [1.29, 1.82) is 0 Å². The number of aliphatic hydroxyl groups is 1. The molecule has 1 N–H and O–H groups in total. The van der Waals surface area contributed by atoms with Gasteiger partial charge in [-0.25, -0.2) is 8.78 Å². The minimum atomic E-state index is -0.895. The molecule has 2 rings (SSSR count). The van der Waals surface area contributed by atoms with Gasteiger partial charge in [-0.15, -0.1) is 0 Å². The van der Waals surface area contributed by atoms with Crippen LogP contribution >= 0.6 is 0 Å². The topological polar surface area (TPSA) is 29.5 Å². The number of rotatable bonds is 3. The summed E-state index contributed by atoms with van der Waals surface area (Å²) in [4.78, 5) is 0. The molecule has 4 heteroatoms. The molecule has 0 aliphatic heterocycles. The molecule has 1 aromatic carbocycles. The summed E-state index contributed by atoms with van der Waals surface area (Å²) in [5, 5.41) is 10.4. The van der Waals surface area contributed by atoms with Gasteiger partial charge in [0, 0.05) is 19.6 Å². The zero-order valence-corrected chi connectivity index (χ0v) is 10.5. The lowest BCUT2D eigenvalue weighted by molar-refractivity contribution is -0.0431. The van der Waals surface area contributed by atoms with Gasteiger partial charge in [0.1, 0.15) is 11.6 Å². The molecule has 0 spiro atoms. The van der Waals surface area contributed by atoms with E-state index in [1.54, 1.807) is 7.11 Å².